The molecule has 1 N–H and O–H groups in total. The van der Waals surface area contributed by atoms with Gasteiger partial charge in [0, 0.05) is 6.07 Å². The van der Waals surface area contributed by atoms with E-state index in [0.29, 0.717) is 37.9 Å². The molecular formula is C44H64O6. The standard InChI is InChI=1S/C44H64O6/c1-2-3-4-5-6-7-8-9-10-11-12-13-14-15-16-22-32-48-42-34-39(44(45)46)35-43(36-42)49-33-24-18-17-23-31-47-40-27-29-41(30-28-40)50-37-38-25-20-19-21-26-38/h19-21,25-30,34-36H,2-18,22-24,31-33,37H2,1H3,(H,45,46). The predicted molar refractivity (Wildman–Crippen MR) is 205 cm³/mol. The summed E-state index contributed by atoms with van der Waals surface area (Å²) in [6, 6.07) is 22.9. The topological polar surface area (TPSA) is 74.2 Å². The van der Waals surface area contributed by atoms with Gasteiger partial charge in [-0.25, -0.2) is 4.79 Å². The van der Waals surface area contributed by atoms with Crippen LogP contribution in [-0.2, 0) is 6.61 Å². The van der Waals surface area contributed by atoms with Crippen LogP contribution in [0.1, 0.15) is 151 Å². The first kappa shape index (κ1) is 40.8. The molecule has 0 aliphatic rings. The molecule has 0 aromatic heterocycles. The molecule has 0 aliphatic heterocycles. The van der Waals surface area contributed by atoms with Gasteiger partial charge in [0.05, 0.1) is 25.4 Å². The largest absolute Gasteiger partial charge is 0.494 e. The highest BCUT2D eigenvalue weighted by atomic mass is 16.5. The first-order chi connectivity index (χ1) is 24.6. The summed E-state index contributed by atoms with van der Waals surface area (Å²) in [6.07, 6.45) is 25.2. The maximum absolute atomic E-state index is 11.7. The Labute approximate surface area is 302 Å². The fraction of sp³-hybridized carbons (Fsp3) is 0.568. The van der Waals surface area contributed by atoms with E-state index in [0.717, 1.165) is 55.6 Å². The number of rotatable bonds is 31. The van der Waals surface area contributed by atoms with Crippen LogP contribution in [0.5, 0.6) is 23.0 Å². The van der Waals surface area contributed by atoms with Gasteiger partial charge in [0.25, 0.3) is 0 Å². The number of aromatic carboxylic acids is 1. The predicted octanol–water partition coefficient (Wildman–Crippen LogP) is 12.6. The van der Waals surface area contributed by atoms with Crippen molar-refractivity contribution < 1.29 is 28.8 Å². The van der Waals surface area contributed by atoms with Crippen LogP contribution in [0.2, 0.25) is 0 Å². The van der Waals surface area contributed by atoms with Crippen molar-refractivity contribution in [3.63, 3.8) is 0 Å². The Balaban J connectivity index is 1.17. The van der Waals surface area contributed by atoms with Crippen molar-refractivity contribution in [1.82, 2.24) is 0 Å². The molecule has 3 aromatic rings. The van der Waals surface area contributed by atoms with Crippen LogP contribution in [0.15, 0.2) is 72.8 Å². The van der Waals surface area contributed by atoms with Crippen molar-refractivity contribution in [2.24, 2.45) is 0 Å². The lowest BCUT2D eigenvalue weighted by Crippen LogP contribution is -2.04. The van der Waals surface area contributed by atoms with Gasteiger partial charge in [0.2, 0.25) is 0 Å². The number of unbranched alkanes of at least 4 members (excludes halogenated alkanes) is 18. The molecule has 0 amide bonds. The zero-order valence-corrected chi connectivity index (χ0v) is 30.9. The minimum Gasteiger partial charge on any atom is -0.494 e. The van der Waals surface area contributed by atoms with Gasteiger partial charge in [-0.15, -0.1) is 0 Å². The second kappa shape index (κ2) is 27.1. The lowest BCUT2D eigenvalue weighted by Gasteiger charge is -2.11. The summed E-state index contributed by atoms with van der Waals surface area (Å²) in [7, 11) is 0. The SMILES string of the molecule is CCCCCCCCCCCCCCCCCCOc1cc(OCCCCCCOc2ccc(OCc3ccccc3)cc2)cc(C(=O)O)c1. The van der Waals surface area contributed by atoms with Gasteiger partial charge in [0.1, 0.15) is 29.6 Å². The smallest absolute Gasteiger partial charge is 0.335 e. The van der Waals surface area contributed by atoms with Crippen LogP contribution in [0.4, 0.5) is 0 Å². The number of ether oxygens (including phenoxy) is 4. The van der Waals surface area contributed by atoms with Gasteiger partial charge in [-0.05, 0) is 74.1 Å². The summed E-state index contributed by atoms with van der Waals surface area (Å²) in [5.41, 5.74) is 1.33. The number of benzene rings is 3. The number of hydrogen-bond donors (Lipinski definition) is 1. The minimum atomic E-state index is -0.975. The summed E-state index contributed by atoms with van der Waals surface area (Å²) in [5, 5.41) is 9.58. The Morgan fingerprint density at radius 1 is 0.460 bits per heavy atom. The van der Waals surface area contributed by atoms with E-state index < -0.39 is 5.97 Å². The highest BCUT2D eigenvalue weighted by Gasteiger charge is 2.09. The maximum Gasteiger partial charge on any atom is 0.335 e. The average Bonchev–Trinajstić information content (AvgIpc) is 3.14. The fourth-order valence-corrected chi connectivity index (χ4v) is 6.01. The second-order valence-corrected chi connectivity index (χ2v) is 13.5. The van der Waals surface area contributed by atoms with E-state index in [4.69, 9.17) is 18.9 Å². The molecule has 6 heteroatoms. The van der Waals surface area contributed by atoms with Crippen molar-refractivity contribution >= 4 is 5.97 Å². The van der Waals surface area contributed by atoms with E-state index in [1.54, 1.807) is 12.1 Å². The van der Waals surface area contributed by atoms with E-state index in [1.165, 1.54) is 89.9 Å². The van der Waals surface area contributed by atoms with Crippen molar-refractivity contribution in [2.75, 3.05) is 19.8 Å². The molecule has 6 nitrogen and oxygen atoms in total. The molecule has 0 fully saturated rings. The zero-order chi connectivity index (χ0) is 35.3. The van der Waals surface area contributed by atoms with Crippen LogP contribution < -0.4 is 18.9 Å². The maximum atomic E-state index is 11.7. The Bertz CT molecular complexity index is 1260. The van der Waals surface area contributed by atoms with Gasteiger partial charge in [0.15, 0.2) is 0 Å². The lowest BCUT2D eigenvalue weighted by atomic mass is 10.0. The van der Waals surface area contributed by atoms with Gasteiger partial charge in [-0.1, -0.05) is 134 Å². The van der Waals surface area contributed by atoms with Gasteiger partial charge in [-0.2, -0.15) is 0 Å². The van der Waals surface area contributed by atoms with E-state index in [2.05, 4.69) is 19.1 Å². The Morgan fingerprint density at radius 2 is 0.840 bits per heavy atom. The van der Waals surface area contributed by atoms with Gasteiger partial charge < -0.3 is 24.1 Å². The van der Waals surface area contributed by atoms with E-state index in [1.807, 2.05) is 48.5 Å². The summed E-state index contributed by atoms with van der Waals surface area (Å²) < 4.78 is 23.6. The number of carboxylic acid groups (broad SMARTS) is 1. The Hall–Kier alpha value is -3.67. The molecule has 3 aromatic carbocycles. The fourth-order valence-electron chi connectivity index (χ4n) is 6.01. The van der Waals surface area contributed by atoms with E-state index in [9.17, 15) is 9.90 Å². The van der Waals surface area contributed by atoms with E-state index in [-0.39, 0.29) is 5.56 Å². The summed E-state index contributed by atoms with van der Waals surface area (Å²) in [4.78, 5) is 11.7. The molecule has 276 valence electrons. The van der Waals surface area contributed by atoms with Gasteiger partial charge >= 0.3 is 5.97 Å². The third-order valence-corrected chi connectivity index (χ3v) is 9.04. The number of hydrogen-bond acceptors (Lipinski definition) is 5. The van der Waals surface area contributed by atoms with Crippen molar-refractivity contribution in [3.05, 3.63) is 83.9 Å². The Morgan fingerprint density at radius 3 is 1.26 bits per heavy atom. The molecule has 50 heavy (non-hydrogen) atoms. The molecular weight excluding hydrogens is 624 g/mol. The molecule has 0 saturated carbocycles. The molecule has 0 aliphatic carbocycles. The first-order valence-electron chi connectivity index (χ1n) is 19.7. The Kier molecular flexibility index (Phi) is 22.1. The quantitative estimate of drug-likeness (QED) is 0.0678. The molecule has 3 rings (SSSR count). The van der Waals surface area contributed by atoms with Crippen molar-refractivity contribution in [1.29, 1.82) is 0 Å². The van der Waals surface area contributed by atoms with Crippen LogP contribution in [0.3, 0.4) is 0 Å². The average molecular weight is 689 g/mol. The highest BCUT2D eigenvalue weighted by Crippen LogP contribution is 2.24. The minimum absolute atomic E-state index is 0.192. The molecule has 0 bridgehead atoms. The van der Waals surface area contributed by atoms with Crippen molar-refractivity contribution in [3.8, 4) is 23.0 Å². The summed E-state index contributed by atoms with van der Waals surface area (Å²) in [5.74, 6) is 1.80. The molecule has 0 saturated heterocycles. The van der Waals surface area contributed by atoms with Crippen LogP contribution in [-0.4, -0.2) is 30.9 Å². The normalized spacial score (nSPS) is 11.0. The molecule has 0 heterocycles. The van der Waals surface area contributed by atoms with Crippen LogP contribution in [0.25, 0.3) is 0 Å². The van der Waals surface area contributed by atoms with E-state index >= 15 is 0 Å². The zero-order valence-electron chi connectivity index (χ0n) is 30.9. The highest BCUT2D eigenvalue weighted by molar-refractivity contribution is 5.88. The molecule has 0 atom stereocenters. The number of carboxylic acids is 1. The number of carbonyl (C=O) groups is 1. The second-order valence-electron chi connectivity index (χ2n) is 13.5. The van der Waals surface area contributed by atoms with Crippen LogP contribution in [0, 0.1) is 0 Å². The molecule has 0 unspecified atom stereocenters. The van der Waals surface area contributed by atoms with Gasteiger partial charge in [-0.3, -0.25) is 0 Å². The van der Waals surface area contributed by atoms with Crippen LogP contribution >= 0.6 is 0 Å². The third kappa shape index (κ3) is 19.5. The first-order valence-corrected chi connectivity index (χ1v) is 19.7. The molecule has 0 radical (unpaired) electrons. The summed E-state index contributed by atoms with van der Waals surface area (Å²) >= 11 is 0. The molecule has 0 spiro atoms. The van der Waals surface area contributed by atoms with Crippen molar-refractivity contribution in [2.45, 2.75) is 142 Å². The summed E-state index contributed by atoms with van der Waals surface area (Å²) in [6.45, 7) is 4.61. The third-order valence-electron chi connectivity index (χ3n) is 9.04. The lowest BCUT2D eigenvalue weighted by molar-refractivity contribution is 0.0695. The monoisotopic (exact) mass is 688 g/mol.